The van der Waals surface area contributed by atoms with E-state index in [9.17, 15) is 8.78 Å². The summed E-state index contributed by atoms with van der Waals surface area (Å²) in [7, 11) is 0. The van der Waals surface area contributed by atoms with Crippen LogP contribution in [0.1, 0.15) is 18.5 Å². The molecule has 0 heterocycles. The summed E-state index contributed by atoms with van der Waals surface area (Å²) in [4.78, 5) is 0. The SMILES string of the molecule is CC(Nc1cc(Cl)c(F)c(Cl)c1)c1ccc(Cl)c(F)c1. The summed E-state index contributed by atoms with van der Waals surface area (Å²) in [5, 5.41) is 2.98. The lowest BCUT2D eigenvalue weighted by atomic mass is 10.1. The van der Waals surface area contributed by atoms with Gasteiger partial charge >= 0.3 is 0 Å². The Labute approximate surface area is 130 Å². The Bertz CT molecular complexity index is 623. The van der Waals surface area contributed by atoms with Crippen molar-refractivity contribution >= 4 is 40.5 Å². The molecule has 0 saturated carbocycles. The summed E-state index contributed by atoms with van der Waals surface area (Å²) in [6, 6.07) is 7.15. The number of anilines is 1. The summed E-state index contributed by atoms with van der Waals surface area (Å²) in [6.07, 6.45) is 0. The second kappa shape index (κ2) is 6.17. The predicted molar refractivity (Wildman–Crippen MR) is 79.9 cm³/mol. The van der Waals surface area contributed by atoms with Crippen LogP contribution >= 0.6 is 34.8 Å². The van der Waals surface area contributed by atoms with Crippen molar-refractivity contribution in [1.29, 1.82) is 0 Å². The molecule has 0 spiro atoms. The first-order chi connectivity index (χ1) is 9.38. The van der Waals surface area contributed by atoms with E-state index >= 15 is 0 Å². The lowest BCUT2D eigenvalue weighted by molar-refractivity contribution is 0.624. The van der Waals surface area contributed by atoms with E-state index < -0.39 is 11.6 Å². The molecule has 0 amide bonds. The molecule has 1 nitrogen and oxygen atoms in total. The third kappa shape index (κ3) is 3.35. The van der Waals surface area contributed by atoms with Crippen LogP contribution in [0.4, 0.5) is 14.5 Å². The monoisotopic (exact) mass is 335 g/mol. The van der Waals surface area contributed by atoms with Gasteiger partial charge in [0.25, 0.3) is 0 Å². The van der Waals surface area contributed by atoms with Crippen molar-refractivity contribution in [3.8, 4) is 0 Å². The molecule has 2 rings (SSSR count). The second-order valence-electron chi connectivity index (χ2n) is 4.29. The van der Waals surface area contributed by atoms with Gasteiger partial charge in [-0.2, -0.15) is 0 Å². The third-order valence-corrected chi connectivity index (χ3v) is 3.67. The minimum atomic E-state index is -0.663. The number of rotatable bonds is 3. The molecule has 20 heavy (non-hydrogen) atoms. The molecule has 0 aliphatic carbocycles. The van der Waals surface area contributed by atoms with E-state index in [1.54, 1.807) is 6.07 Å². The van der Waals surface area contributed by atoms with Gasteiger partial charge in [0.05, 0.1) is 15.1 Å². The normalized spacial score (nSPS) is 12.3. The number of hydrogen-bond donors (Lipinski definition) is 1. The maximum atomic E-state index is 13.4. The highest BCUT2D eigenvalue weighted by Crippen LogP contribution is 2.30. The first kappa shape index (κ1) is 15.4. The zero-order chi connectivity index (χ0) is 14.9. The van der Waals surface area contributed by atoms with Gasteiger partial charge in [0.2, 0.25) is 0 Å². The lowest BCUT2D eigenvalue weighted by Crippen LogP contribution is -2.07. The molecular weight excluding hydrogens is 327 g/mol. The summed E-state index contributed by atoms with van der Waals surface area (Å²) in [6.45, 7) is 1.83. The van der Waals surface area contributed by atoms with Gasteiger partial charge < -0.3 is 5.32 Å². The Kier molecular flexibility index (Phi) is 4.74. The van der Waals surface area contributed by atoms with Crippen molar-refractivity contribution in [2.75, 3.05) is 5.32 Å². The molecule has 1 unspecified atom stereocenters. The molecule has 1 atom stereocenters. The van der Waals surface area contributed by atoms with Gasteiger partial charge in [-0.05, 0) is 36.8 Å². The van der Waals surface area contributed by atoms with Crippen molar-refractivity contribution in [2.24, 2.45) is 0 Å². The van der Waals surface area contributed by atoms with Crippen molar-refractivity contribution in [3.63, 3.8) is 0 Å². The second-order valence-corrected chi connectivity index (χ2v) is 5.52. The molecule has 2 aromatic carbocycles. The van der Waals surface area contributed by atoms with Gasteiger partial charge in [0, 0.05) is 11.7 Å². The number of nitrogens with one attached hydrogen (secondary N) is 1. The fourth-order valence-corrected chi connectivity index (χ4v) is 2.36. The van der Waals surface area contributed by atoms with Crippen LogP contribution in [-0.2, 0) is 0 Å². The molecular formula is C14H10Cl3F2N. The summed E-state index contributed by atoms with van der Waals surface area (Å²) >= 11 is 17.1. The van der Waals surface area contributed by atoms with Gasteiger partial charge in [0.15, 0.2) is 5.82 Å². The molecule has 2 aromatic rings. The van der Waals surface area contributed by atoms with E-state index in [0.717, 1.165) is 0 Å². The van der Waals surface area contributed by atoms with Gasteiger partial charge in [0.1, 0.15) is 5.82 Å². The van der Waals surface area contributed by atoms with E-state index in [-0.39, 0.29) is 21.1 Å². The van der Waals surface area contributed by atoms with Crippen LogP contribution in [0, 0.1) is 11.6 Å². The first-order valence-corrected chi connectivity index (χ1v) is 6.88. The number of benzene rings is 2. The highest BCUT2D eigenvalue weighted by atomic mass is 35.5. The van der Waals surface area contributed by atoms with Gasteiger partial charge in [-0.25, -0.2) is 8.78 Å². The molecule has 0 fully saturated rings. The smallest absolute Gasteiger partial charge is 0.160 e. The van der Waals surface area contributed by atoms with Gasteiger partial charge in [-0.3, -0.25) is 0 Å². The predicted octanol–water partition coefficient (Wildman–Crippen LogP) is 6.10. The van der Waals surface area contributed by atoms with Crippen molar-refractivity contribution in [1.82, 2.24) is 0 Å². The lowest BCUT2D eigenvalue weighted by Gasteiger charge is -2.17. The molecule has 6 heteroatoms. The van der Waals surface area contributed by atoms with Crippen LogP contribution in [-0.4, -0.2) is 0 Å². The Morgan fingerprint density at radius 1 is 0.950 bits per heavy atom. The molecule has 0 aliphatic heterocycles. The fourth-order valence-electron chi connectivity index (χ4n) is 1.75. The van der Waals surface area contributed by atoms with Crippen molar-refractivity contribution in [3.05, 3.63) is 62.6 Å². The first-order valence-electron chi connectivity index (χ1n) is 5.74. The van der Waals surface area contributed by atoms with Crippen LogP contribution in [0.15, 0.2) is 30.3 Å². The topological polar surface area (TPSA) is 12.0 Å². The summed E-state index contributed by atoms with van der Waals surface area (Å²) in [5.74, 6) is -1.16. The minimum Gasteiger partial charge on any atom is -0.378 e. The van der Waals surface area contributed by atoms with Crippen LogP contribution in [0.25, 0.3) is 0 Å². The van der Waals surface area contributed by atoms with E-state index in [2.05, 4.69) is 5.32 Å². The van der Waals surface area contributed by atoms with Crippen LogP contribution in [0.2, 0.25) is 15.1 Å². The quantitative estimate of drug-likeness (QED) is 0.668. The molecule has 0 aliphatic rings. The third-order valence-electron chi connectivity index (χ3n) is 2.81. The highest BCUT2D eigenvalue weighted by molar-refractivity contribution is 6.35. The average Bonchev–Trinajstić information content (AvgIpc) is 2.39. The minimum absolute atomic E-state index is 0.0637. The highest BCUT2D eigenvalue weighted by Gasteiger charge is 2.12. The zero-order valence-corrected chi connectivity index (χ0v) is 12.6. The Morgan fingerprint density at radius 2 is 1.55 bits per heavy atom. The molecule has 1 N–H and O–H groups in total. The van der Waals surface area contributed by atoms with E-state index in [0.29, 0.717) is 11.3 Å². The van der Waals surface area contributed by atoms with E-state index in [1.807, 2.05) is 6.92 Å². The van der Waals surface area contributed by atoms with Crippen LogP contribution < -0.4 is 5.32 Å². The molecule has 0 saturated heterocycles. The Morgan fingerprint density at radius 3 is 2.10 bits per heavy atom. The van der Waals surface area contributed by atoms with E-state index in [1.165, 1.54) is 24.3 Å². The number of halogens is 5. The zero-order valence-electron chi connectivity index (χ0n) is 10.4. The largest absolute Gasteiger partial charge is 0.378 e. The standard InChI is InChI=1S/C14H10Cl3F2N/c1-7(8-2-3-10(15)13(18)4-8)20-9-5-11(16)14(19)12(17)6-9/h2-7,20H,1H3. The molecule has 106 valence electrons. The van der Waals surface area contributed by atoms with E-state index in [4.69, 9.17) is 34.8 Å². The fraction of sp³-hybridized carbons (Fsp3) is 0.143. The number of hydrogen-bond acceptors (Lipinski definition) is 1. The maximum absolute atomic E-state index is 13.4. The molecule has 0 radical (unpaired) electrons. The summed E-state index contributed by atoms with van der Waals surface area (Å²) in [5.41, 5.74) is 1.24. The van der Waals surface area contributed by atoms with Gasteiger partial charge in [-0.15, -0.1) is 0 Å². The van der Waals surface area contributed by atoms with Crippen molar-refractivity contribution in [2.45, 2.75) is 13.0 Å². The Hall–Kier alpha value is -1.03. The van der Waals surface area contributed by atoms with Crippen LogP contribution in [0.3, 0.4) is 0 Å². The van der Waals surface area contributed by atoms with Crippen molar-refractivity contribution < 1.29 is 8.78 Å². The van der Waals surface area contributed by atoms with Gasteiger partial charge in [-0.1, -0.05) is 40.9 Å². The molecule has 0 aromatic heterocycles. The average molecular weight is 337 g/mol. The summed E-state index contributed by atoms with van der Waals surface area (Å²) < 4.78 is 26.7. The Balaban J connectivity index is 2.23. The van der Waals surface area contributed by atoms with Crippen LogP contribution in [0.5, 0.6) is 0 Å². The molecule has 0 bridgehead atoms. The maximum Gasteiger partial charge on any atom is 0.160 e.